The molecule has 2 aromatic heterocycles. The first-order chi connectivity index (χ1) is 8.06. The molecule has 0 aromatic carbocycles. The number of aryl methyl sites for hydroxylation is 2. The molecule has 3 N–H and O–H groups in total. The highest BCUT2D eigenvalue weighted by molar-refractivity contribution is 7.15. The molecule has 0 aliphatic rings. The molecule has 0 unspecified atom stereocenters. The van der Waals surface area contributed by atoms with E-state index in [1.807, 2.05) is 13.8 Å². The molecule has 6 nitrogen and oxygen atoms in total. The van der Waals surface area contributed by atoms with E-state index in [1.165, 1.54) is 23.7 Å². The minimum atomic E-state index is -0.341. The van der Waals surface area contributed by atoms with Crippen molar-refractivity contribution in [3.8, 4) is 0 Å². The molecular weight excluding hydrogens is 238 g/mol. The number of hydrogen-bond acceptors (Lipinski definition) is 6. The van der Waals surface area contributed by atoms with Crippen LogP contribution in [0.1, 0.15) is 21.1 Å². The highest BCUT2D eigenvalue weighted by Gasteiger charge is 2.11. The molecule has 0 bridgehead atoms. The van der Waals surface area contributed by atoms with Gasteiger partial charge in [-0.25, -0.2) is 15.0 Å². The Balaban J connectivity index is 2.14. The second-order valence-electron chi connectivity index (χ2n) is 3.44. The molecule has 88 valence electrons. The fourth-order valence-electron chi connectivity index (χ4n) is 1.14. The molecule has 0 saturated carbocycles. The third kappa shape index (κ3) is 2.56. The average Bonchev–Trinajstić information content (AvgIpc) is 2.58. The number of hydrogen-bond donors (Lipinski definition) is 2. The van der Waals surface area contributed by atoms with E-state index in [-0.39, 0.29) is 17.4 Å². The van der Waals surface area contributed by atoms with Gasteiger partial charge in [0.05, 0.1) is 18.1 Å². The minimum Gasteiger partial charge on any atom is -0.382 e. The standard InChI is InChI=1S/C10H11N5OS/c1-5-6(2)17-10(14-5)15-9(16)7-3-13-8(11)4-12-7/h3-4H,1-2H3,(H2,11,13)(H,14,15,16). The maximum absolute atomic E-state index is 11.8. The summed E-state index contributed by atoms with van der Waals surface area (Å²) in [5.41, 5.74) is 6.51. The molecule has 0 aliphatic carbocycles. The van der Waals surface area contributed by atoms with E-state index >= 15 is 0 Å². The van der Waals surface area contributed by atoms with E-state index in [0.29, 0.717) is 5.13 Å². The van der Waals surface area contributed by atoms with Gasteiger partial charge in [-0.15, -0.1) is 11.3 Å². The summed E-state index contributed by atoms with van der Waals surface area (Å²) in [7, 11) is 0. The molecule has 17 heavy (non-hydrogen) atoms. The lowest BCUT2D eigenvalue weighted by Gasteiger charge is -2.00. The molecule has 2 aromatic rings. The number of carbonyl (C=O) groups excluding carboxylic acids is 1. The quantitative estimate of drug-likeness (QED) is 0.838. The minimum absolute atomic E-state index is 0.213. The highest BCUT2D eigenvalue weighted by Crippen LogP contribution is 2.21. The van der Waals surface area contributed by atoms with Crippen LogP contribution in [0.2, 0.25) is 0 Å². The molecule has 0 fully saturated rings. The van der Waals surface area contributed by atoms with Crippen molar-refractivity contribution in [3.05, 3.63) is 28.7 Å². The predicted octanol–water partition coefficient (Wildman–Crippen LogP) is 1.38. The van der Waals surface area contributed by atoms with Crippen molar-refractivity contribution in [2.45, 2.75) is 13.8 Å². The van der Waals surface area contributed by atoms with E-state index in [4.69, 9.17) is 5.73 Å². The molecule has 0 atom stereocenters. The largest absolute Gasteiger partial charge is 0.382 e. The van der Waals surface area contributed by atoms with Gasteiger partial charge in [0.25, 0.3) is 5.91 Å². The number of carbonyl (C=O) groups is 1. The fourth-order valence-corrected chi connectivity index (χ4v) is 1.95. The lowest BCUT2D eigenvalue weighted by atomic mass is 10.4. The summed E-state index contributed by atoms with van der Waals surface area (Å²) in [5.74, 6) is -0.0614. The second kappa shape index (κ2) is 4.46. The van der Waals surface area contributed by atoms with Crippen LogP contribution in [0.25, 0.3) is 0 Å². The number of nitrogens with two attached hydrogens (primary N) is 1. The molecule has 0 radical (unpaired) electrons. The Kier molecular flexibility index (Phi) is 3.01. The van der Waals surface area contributed by atoms with E-state index < -0.39 is 0 Å². The molecule has 0 aliphatic heterocycles. The normalized spacial score (nSPS) is 10.2. The van der Waals surface area contributed by atoms with Crippen LogP contribution in [0.3, 0.4) is 0 Å². The van der Waals surface area contributed by atoms with Crippen LogP contribution >= 0.6 is 11.3 Å². The first kappa shape index (κ1) is 11.5. The van der Waals surface area contributed by atoms with Gasteiger partial charge in [-0.1, -0.05) is 0 Å². The Labute approximate surface area is 102 Å². The van der Waals surface area contributed by atoms with Gasteiger partial charge in [0.1, 0.15) is 11.5 Å². The number of amides is 1. The van der Waals surface area contributed by atoms with Gasteiger partial charge in [-0.05, 0) is 13.8 Å². The Morgan fingerprint density at radius 3 is 2.65 bits per heavy atom. The SMILES string of the molecule is Cc1nc(NC(=O)c2cnc(N)cn2)sc1C. The number of nitrogens with zero attached hydrogens (tertiary/aromatic N) is 3. The van der Waals surface area contributed by atoms with Crippen molar-refractivity contribution in [2.75, 3.05) is 11.1 Å². The highest BCUT2D eigenvalue weighted by atomic mass is 32.1. The number of anilines is 2. The van der Waals surface area contributed by atoms with Gasteiger partial charge in [0.2, 0.25) is 0 Å². The van der Waals surface area contributed by atoms with Crippen LogP contribution in [0.4, 0.5) is 10.9 Å². The zero-order chi connectivity index (χ0) is 12.4. The number of thiazole rings is 1. The molecule has 0 saturated heterocycles. The Bertz CT molecular complexity index is 529. The summed E-state index contributed by atoms with van der Waals surface area (Å²) < 4.78 is 0. The fraction of sp³-hybridized carbons (Fsp3) is 0.200. The van der Waals surface area contributed by atoms with Gasteiger partial charge in [0, 0.05) is 4.88 Å². The molecule has 7 heteroatoms. The summed E-state index contributed by atoms with van der Waals surface area (Å²) in [5, 5.41) is 3.22. The smallest absolute Gasteiger partial charge is 0.277 e. The summed E-state index contributed by atoms with van der Waals surface area (Å²) in [4.78, 5) is 24.7. The van der Waals surface area contributed by atoms with Crippen LogP contribution in [0.5, 0.6) is 0 Å². The maximum atomic E-state index is 11.8. The molecule has 2 heterocycles. The third-order valence-electron chi connectivity index (χ3n) is 2.15. The van der Waals surface area contributed by atoms with E-state index in [9.17, 15) is 4.79 Å². The van der Waals surface area contributed by atoms with Crippen molar-refractivity contribution < 1.29 is 4.79 Å². The van der Waals surface area contributed by atoms with Gasteiger partial charge < -0.3 is 5.73 Å². The van der Waals surface area contributed by atoms with Gasteiger partial charge in [-0.2, -0.15) is 0 Å². The zero-order valence-electron chi connectivity index (χ0n) is 9.39. The van der Waals surface area contributed by atoms with Crippen molar-refractivity contribution >= 4 is 28.2 Å². The van der Waals surface area contributed by atoms with Gasteiger partial charge >= 0.3 is 0 Å². The van der Waals surface area contributed by atoms with Crippen molar-refractivity contribution in [3.63, 3.8) is 0 Å². The van der Waals surface area contributed by atoms with E-state index in [0.717, 1.165) is 10.6 Å². The summed E-state index contributed by atoms with van der Waals surface area (Å²) in [6, 6.07) is 0. The van der Waals surface area contributed by atoms with Gasteiger partial charge in [-0.3, -0.25) is 10.1 Å². The monoisotopic (exact) mass is 249 g/mol. The lowest BCUT2D eigenvalue weighted by molar-refractivity contribution is 0.102. The Morgan fingerprint density at radius 2 is 2.12 bits per heavy atom. The Hall–Kier alpha value is -2.02. The van der Waals surface area contributed by atoms with E-state index in [1.54, 1.807) is 0 Å². The zero-order valence-corrected chi connectivity index (χ0v) is 10.2. The average molecular weight is 249 g/mol. The second-order valence-corrected chi connectivity index (χ2v) is 4.64. The van der Waals surface area contributed by atoms with Crippen LogP contribution in [0, 0.1) is 13.8 Å². The van der Waals surface area contributed by atoms with Crippen LogP contribution in [-0.2, 0) is 0 Å². The first-order valence-electron chi connectivity index (χ1n) is 4.89. The summed E-state index contributed by atoms with van der Waals surface area (Å²) >= 11 is 1.42. The molecule has 2 rings (SSSR count). The predicted molar refractivity (Wildman–Crippen MR) is 66.0 cm³/mol. The molecule has 0 spiro atoms. The van der Waals surface area contributed by atoms with Gasteiger partial charge in [0.15, 0.2) is 5.13 Å². The van der Waals surface area contributed by atoms with Crippen molar-refractivity contribution in [1.82, 2.24) is 15.0 Å². The third-order valence-corrected chi connectivity index (χ3v) is 3.14. The maximum Gasteiger partial charge on any atom is 0.277 e. The summed E-state index contributed by atoms with van der Waals surface area (Å²) in [6.07, 6.45) is 2.67. The molecule has 1 amide bonds. The lowest BCUT2D eigenvalue weighted by Crippen LogP contribution is -2.14. The van der Waals surface area contributed by atoms with Crippen molar-refractivity contribution in [1.29, 1.82) is 0 Å². The number of rotatable bonds is 2. The van der Waals surface area contributed by atoms with E-state index in [2.05, 4.69) is 20.3 Å². The first-order valence-corrected chi connectivity index (χ1v) is 5.71. The molecular formula is C10H11N5OS. The number of nitrogens with one attached hydrogen (secondary N) is 1. The van der Waals surface area contributed by atoms with Crippen LogP contribution in [-0.4, -0.2) is 20.9 Å². The Morgan fingerprint density at radius 1 is 1.35 bits per heavy atom. The summed E-state index contributed by atoms with van der Waals surface area (Å²) in [6.45, 7) is 3.84. The van der Waals surface area contributed by atoms with Crippen molar-refractivity contribution in [2.24, 2.45) is 0 Å². The number of aromatic nitrogens is 3. The van der Waals surface area contributed by atoms with Crippen LogP contribution < -0.4 is 11.1 Å². The topological polar surface area (TPSA) is 93.8 Å². The number of nitrogen functional groups attached to an aromatic ring is 1. The van der Waals surface area contributed by atoms with Crippen LogP contribution in [0.15, 0.2) is 12.4 Å².